The summed E-state index contributed by atoms with van der Waals surface area (Å²) in [6.45, 7) is 3.38. The number of rotatable bonds is 3. The van der Waals surface area contributed by atoms with E-state index in [1.165, 1.54) is 12.3 Å². The van der Waals surface area contributed by atoms with Crippen LogP contribution in [0.3, 0.4) is 0 Å². The van der Waals surface area contributed by atoms with Crippen molar-refractivity contribution in [3.63, 3.8) is 0 Å². The Hall–Kier alpha value is -2.30. The number of carboxylic acid groups (broad SMARTS) is 1. The van der Waals surface area contributed by atoms with Crippen molar-refractivity contribution in [3.8, 4) is 11.3 Å². The SMILES string of the molecule is Cc1ncc(CC(=O)O)c(-c2ccc(F)c(C)c2)n1. The number of aryl methyl sites for hydroxylation is 2. The number of carboxylic acids is 1. The van der Waals surface area contributed by atoms with Crippen LogP contribution in [0.4, 0.5) is 4.39 Å². The zero-order valence-corrected chi connectivity index (χ0v) is 10.6. The van der Waals surface area contributed by atoms with Crippen molar-refractivity contribution >= 4 is 5.97 Å². The van der Waals surface area contributed by atoms with Gasteiger partial charge in [-0.25, -0.2) is 14.4 Å². The molecule has 5 heteroatoms. The lowest BCUT2D eigenvalue weighted by molar-refractivity contribution is -0.136. The molecule has 1 N–H and O–H groups in total. The van der Waals surface area contributed by atoms with Gasteiger partial charge in [0.2, 0.25) is 0 Å². The molecule has 0 spiro atoms. The summed E-state index contributed by atoms with van der Waals surface area (Å²) in [7, 11) is 0. The molecule has 0 bridgehead atoms. The summed E-state index contributed by atoms with van der Waals surface area (Å²) in [5.74, 6) is -0.701. The number of hydrogen-bond acceptors (Lipinski definition) is 3. The summed E-state index contributed by atoms with van der Waals surface area (Å²) in [6.07, 6.45) is 1.34. The molecule has 1 heterocycles. The maximum Gasteiger partial charge on any atom is 0.307 e. The van der Waals surface area contributed by atoms with E-state index in [2.05, 4.69) is 9.97 Å². The van der Waals surface area contributed by atoms with Crippen LogP contribution in [0.25, 0.3) is 11.3 Å². The maximum atomic E-state index is 13.3. The van der Waals surface area contributed by atoms with Crippen molar-refractivity contribution in [2.75, 3.05) is 0 Å². The molecule has 0 unspecified atom stereocenters. The number of carbonyl (C=O) groups is 1. The number of nitrogens with zero attached hydrogens (tertiary/aromatic N) is 2. The van der Waals surface area contributed by atoms with E-state index in [1.54, 1.807) is 26.0 Å². The molecule has 0 aliphatic rings. The zero-order chi connectivity index (χ0) is 14.0. The Kier molecular flexibility index (Phi) is 3.55. The summed E-state index contributed by atoms with van der Waals surface area (Å²) in [5, 5.41) is 8.89. The average molecular weight is 260 g/mol. The first-order chi connectivity index (χ1) is 8.97. The Labute approximate surface area is 110 Å². The third kappa shape index (κ3) is 2.93. The fraction of sp³-hybridized carbons (Fsp3) is 0.214. The molecule has 0 radical (unpaired) electrons. The summed E-state index contributed by atoms with van der Waals surface area (Å²) >= 11 is 0. The van der Waals surface area contributed by atoms with Crippen LogP contribution in [0.15, 0.2) is 24.4 Å². The molecule has 98 valence electrons. The van der Waals surface area contributed by atoms with E-state index in [0.29, 0.717) is 28.2 Å². The number of hydrogen-bond donors (Lipinski definition) is 1. The Balaban J connectivity index is 2.55. The molecule has 0 amide bonds. The van der Waals surface area contributed by atoms with E-state index in [9.17, 15) is 9.18 Å². The van der Waals surface area contributed by atoms with Crippen LogP contribution in [0.1, 0.15) is 17.0 Å². The fourth-order valence-corrected chi connectivity index (χ4v) is 1.83. The van der Waals surface area contributed by atoms with Crippen molar-refractivity contribution in [2.45, 2.75) is 20.3 Å². The first-order valence-corrected chi connectivity index (χ1v) is 5.78. The standard InChI is InChI=1S/C14H13FN2O2/c1-8-5-10(3-4-12(8)15)14-11(6-13(18)19)7-16-9(2)17-14/h3-5,7H,6H2,1-2H3,(H,18,19). The minimum absolute atomic E-state index is 0.161. The number of aromatic nitrogens is 2. The van der Waals surface area contributed by atoms with Gasteiger partial charge in [0.1, 0.15) is 11.6 Å². The molecule has 0 aliphatic carbocycles. The van der Waals surface area contributed by atoms with E-state index in [-0.39, 0.29) is 12.2 Å². The van der Waals surface area contributed by atoms with Crippen LogP contribution in [0.2, 0.25) is 0 Å². The number of benzene rings is 1. The monoisotopic (exact) mass is 260 g/mol. The Morgan fingerprint density at radius 1 is 1.37 bits per heavy atom. The fourth-order valence-electron chi connectivity index (χ4n) is 1.83. The van der Waals surface area contributed by atoms with Crippen LogP contribution in [-0.2, 0) is 11.2 Å². The third-order valence-electron chi connectivity index (χ3n) is 2.76. The molecule has 19 heavy (non-hydrogen) atoms. The lowest BCUT2D eigenvalue weighted by Crippen LogP contribution is -2.05. The van der Waals surface area contributed by atoms with Crippen LogP contribution >= 0.6 is 0 Å². The van der Waals surface area contributed by atoms with Gasteiger partial charge in [-0.15, -0.1) is 0 Å². The maximum absolute atomic E-state index is 13.3. The van der Waals surface area contributed by atoms with Gasteiger partial charge < -0.3 is 5.11 Å². The second-order valence-electron chi connectivity index (χ2n) is 4.33. The van der Waals surface area contributed by atoms with Gasteiger partial charge >= 0.3 is 5.97 Å². The number of aliphatic carboxylic acids is 1. The Morgan fingerprint density at radius 3 is 2.74 bits per heavy atom. The highest BCUT2D eigenvalue weighted by Gasteiger charge is 2.12. The van der Waals surface area contributed by atoms with Gasteiger partial charge in [-0.3, -0.25) is 4.79 Å². The summed E-state index contributed by atoms with van der Waals surface area (Å²) in [4.78, 5) is 19.1. The minimum Gasteiger partial charge on any atom is -0.481 e. The summed E-state index contributed by atoms with van der Waals surface area (Å²) in [5.41, 5.74) is 2.25. The largest absolute Gasteiger partial charge is 0.481 e. The van der Waals surface area contributed by atoms with Crippen LogP contribution in [0, 0.1) is 19.7 Å². The van der Waals surface area contributed by atoms with Crippen molar-refractivity contribution in [1.82, 2.24) is 9.97 Å². The minimum atomic E-state index is -0.951. The van der Waals surface area contributed by atoms with Crippen molar-refractivity contribution < 1.29 is 14.3 Å². The highest BCUT2D eigenvalue weighted by atomic mass is 19.1. The molecule has 0 saturated carbocycles. The molecule has 0 atom stereocenters. The summed E-state index contributed by atoms with van der Waals surface area (Å²) in [6, 6.07) is 4.60. The molecule has 2 rings (SSSR count). The molecule has 0 aliphatic heterocycles. The number of halogens is 1. The zero-order valence-electron chi connectivity index (χ0n) is 10.6. The lowest BCUT2D eigenvalue weighted by Gasteiger charge is -2.08. The average Bonchev–Trinajstić information content (AvgIpc) is 2.34. The van der Waals surface area contributed by atoms with Gasteiger partial charge in [-0.05, 0) is 37.6 Å². The first-order valence-electron chi connectivity index (χ1n) is 5.78. The van der Waals surface area contributed by atoms with E-state index in [4.69, 9.17) is 5.11 Å². The molecule has 1 aromatic carbocycles. The Morgan fingerprint density at radius 2 is 2.11 bits per heavy atom. The van der Waals surface area contributed by atoms with Gasteiger partial charge in [0.25, 0.3) is 0 Å². The van der Waals surface area contributed by atoms with Crippen LogP contribution < -0.4 is 0 Å². The normalized spacial score (nSPS) is 10.5. The van der Waals surface area contributed by atoms with Crippen molar-refractivity contribution in [3.05, 3.63) is 47.2 Å². The first kappa shape index (κ1) is 13.1. The van der Waals surface area contributed by atoms with Crippen molar-refractivity contribution in [2.24, 2.45) is 0 Å². The van der Waals surface area contributed by atoms with Crippen LogP contribution in [-0.4, -0.2) is 21.0 Å². The molecular weight excluding hydrogens is 247 g/mol. The highest BCUT2D eigenvalue weighted by Crippen LogP contribution is 2.23. The molecular formula is C14H13FN2O2. The molecule has 2 aromatic rings. The third-order valence-corrected chi connectivity index (χ3v) is 2.76. The molecule has 0 saturated heterocycles. The topological polar surface area (TPSA) is 63.1 Å². The van der Waals surface area contributed by atoms with E-state index in [0.717, 1.165) is 0 Å². The van der Waals surface area contributed by atoms with E-state index >= 15 is 0 Å². The second kappa shape index (κ2) is 5.14. The van der Waals surface area contributed by atoms with E-state index in [1.807, 2.05) is 0 Å². The predicted molar refractivity (Wildman–Crippen MR) is 68.2 cm³/mol. The van der Waals surface area contributed by atoms with Gasteiger partial charge in [0, 0.05) is 17.3 Å². The molecule has 1 aromatic heterocycles. The quantitative estimate of drug-likeness (QED) is 0.921. The van der Waals surface area contributed by atoms with Crippen molar-refractivity contribution in [1.29, 1.82) is 0 Å². The van der Waals surface area contributed by atoms with Gasteiger partial charge in [-0.2, -0.15) is 0 Å². The summed E-state index contributed by atoms with van der Waals surface area (Å²) < 4.78 is 13.3. The predicted octanol–water partition coefficient (Wildman–Crippen LogP) is 2.53. The smallest absolute Gasteiger partial charge is 0.307 e. The molecule has 4 nitrogen and oxygen atoms in total. The van der Waals surface area contributed by atoms with Crippen LogP contribution in [0.5, 0.6) is 0 Å². The lowest BCUT2D eigenvalue weighted by atomic mass is 10.0. The Bertz CT molecular complexity index is 641. The van der Waals surface area contributed by atoms with E-state index < -0.39 is 5.97 Å². The van der Waals surface area contributed by atoms with Gasteiger partial charge in [0.05, 0.1) is 12.1 Å². The van der Waals surface area contributed by atoms with Gasteiger partial charge in [-0.1, -0.05) is 0 Å². The second-order valence-corrected chi connectivity index (χ2v) is 4.33. The molecule has 0 fully saturated rings. The highest BCUT2D eigenvalue weighted by molar-refractivity contribution is 5.74. The van der Waals surface area contributed by atoms with Gasteiger partial charge in [0.15, 0.2) is 0 Å².